The van der Waals surface area contributed by atoms with Crippen LogP contribution in [-0.4, -0.2) is 54.1 Å². The number of hydrogen-bond acceptors (Lipinski definition) is 5. The van der Waals surface area contributed by atoms with Crippen LogP contribution in [0.25, 0.3) is 0 Å². The van der Waals surface area contributed by atoms with E-state index in [9.17, 15) is 14.7 Å². The Balaban J connectivity index is 2.49. The van der Waals surface area contributed by atoms with Crippen LogP contribution < -0.4 is 10.6 Å². The minimum Gasteiger partial charge on any atom is -0.444 e. The van der Waals surface area contributed by atoms with E-state index in [-0.39, 0.29) is 25.0 Å². The Morgan fingerprint density at radius 1 is 1.38 bits per heavy atom. The quantitative estimate of drug-likeness (QED) is 0.658. The van der Waals surface area contributed by atoms with Crippen LogP contribution >= 0.6 is 0 Å². The molecule has 0 spiro atoms. The number of hydrogen-bond donors (Lipinski definition) is 3. The molecule has 7 nitrogen and oxygen atoms in total. The van der Waals surface area contributed by atoms with E-state index in [0.29, 0.717) is 19.4 Å². The second-order valence-corrected chi connectivity index (χ2v) is 6.94. The molecule has 0 aromatic heterocycles. The molecule has 1 heterocycles. The van der Waals surface area contributed by atoms with E-state index in [1.807, 2.05) is 19.1 Å². The topological polar surface area (TPSA) is 96.9 Å². The average molecular weight is 342 g/mol. The number of rotatable bonds is 5. The molecule has 0 aromatic rings. The summed E-state index contributed by atoms with van der Waals surface area (Å²) in [5.41, 5.74) is -0.583. The first kappa shape index (κ1) is 20.4. The molecule has 0 aromatic carbocycles. The largest absolute Gasteiger partial charge is 0.444 e. The summed E-state index contributed by atoms with van der Waals surface area (Å²) >= 11 is 0. The molecule has 1 aliphatic heterocycles. The van der Waals surface area contributed by atoms with Crippen molar-refractivity contribution in [3.05, 3.63) is 12.2 Å². The van der Waals surface area contributed by atoms with Gasteiger partial charge in [-0.15, -0.1) is 0 Å². The van der Waals surface area contributed by atoms with Gasteiger partial charge in [0.1, 0.15) is 5.60 Å². The minimum absolute atomic E-state index is 0.129. The standard InChI is InChI=1S/C17H30N2O5/c1-5-12(18-16(22)24-17(2,3)4)10-15(21)19-13-8-6-7-9-23-11-14(13)20/h6-7,12-14,20H,5,8-11H2,1-4H3,(H,18,22)(H,19,21)/b7-6-/t12?,13-,14+/m0/s1. The normalized spacial score (nSPS) is 24.2. The molecule has 0 saturated carbocycles. The maximum absolute atomic E-state index is 12.2. The SMILES string of the molecule is CCC(CC(=O)N[C@H]1C/C=C\COC[C@H]1O)NC(=O)OC(C)(C)C. The average Bonchev–Trinajstić information content (AvgIpc) is 2.44. The van der Waals surface area contributed by atoms with E-state index in [1.54, 1.807) is 20.8 Å². The van der Waals surface area contributed by atoms with Crippen LogP contribution in [0.4, 0.5) is 4.79 Å². The van der Waals surface area contributed by atoms with Gasteiger partial charge in [0.2, 0.25) is 5.91 Å². The van der Waals surface area contributed by atoms with Gasteiger partial charge in [0.05, 0.1) is 25.4 Å². The van der Waals surface area contributed by atoms with Crippen LogP contribution in [0.5, 0.6) is 0 Å². The number of amides is 2. The Morgan fingerprint density at radius 2 is 2.08 bits per heavy atom. The summed E-state index contributed by atoms with van der Waals surface area (Å²) < 4.78 is 10.4. The lowest BCUT2D eigenvalue weighted by atomic mass is 10.1. The first-order valence-corrected chi connectivity index (χ1v) is 8.41. The van der Waals surface area contributed by atoms with Gasteiger partial charge in [-0.3, -0.25) is 4.79 Å². The first-order valence-electron chi connectivity index (χ1n) is 8.41. The highest BCUT2D eigenvalue weighted by Crippen LogP contribution is 2.09. The molecular formula is C17H30N2O5. The van der Waals surface area contributed by atoms with E-state index >= 15 is 0 Å². The number of nitrogens with one attached hydrogen (secondary N) is 2. The highest BCUT2D eigenvalue weighted by Gasteiger charge is 2.24. The summed E-state index contributed by atoms with van der Waals surface area (Å²) in [4.78, 5) is 24.0. The van der Waals surface area contributed by atoms with Crippen LogP contribution in [0, 0.1) is 0 Å². The smallest absolute Gasteiger partial charge is 0.407 e. The molecule has 24 heavy (non-hydrogen) atoms. The summed E-state index contributed by atoms with van der Waals surface area (Å²) in [6.07, 6.45) is 3.73. The summed E-state index contributed by atoms with van der Waals surface area (Å²) in [7, 11) is 0. The Bertz CT molecular complexity index is 445. The molecule has 1 rings (SSSR count). The number of ether oxygens (including phenoxy) is 2. The van der Waals surface area contributed by atoms with Gasteiger partial charge in [0.15, 0.2) is 0 Å². The number of carbonyl (C=O) groups is 2. The number of aliphatic hydroxyl groups is 1. The lowest BCUT2D eigenvalue weighted by molar-refractivity contribution is -0.123. The van der Waals surface area contributed by atoms with Crippen molar-refractivity contribution in [3.8, 4) is 0 Å². The van der Waals surface area contributed by atoms with Crippen molar-refractivity contribution >= 4 is 12.0 Å². The maximum atomic E-state index is 12.2. The van der Waals surface area contributed by atoms with Gasteiger partial charge in [-0.05, 0) is 33.6 Å². The summed E-state index contributed by atoms with van der Waals surface area (Å²) in [5, 5.41) is 15.5. The Hall–Kier alpha value is -1.60. The van der Waals surface area contributed by atoms with Crippen molar-refractivity contribution in [1.82, 2.24) is 10.6 Å². The van der Waals surface area contributed by atoms with Crippen molar-refractivity contribution in [3.63, 3.8) is 0 Å². The zero-order valence-electron chi connectivity index (χ0n) is 15.0. The highest BCUT2D eigenvalue weighted by molar-refractivity contribution is 5.78. The maximum Gasteiger partial charge on any atom is 0.407 e. The van der Waals surface area contributed by atoms with E-state index < -0.39 is 23.8 Å². The molecule has 1 unspecified atom stereocenters. The third-order valence-corrected chi connectivity index (χ3v) is 3.52. The third-order valence-electron chi connectivity index (χ3n) is 3.52. The molecule has 0 radical (unpaired) electrons. The predicted octanol–water partition coefficient (Wildman–Crippen LogP) is 1.50. The molecule has 0 saturated heterocycles. The van der Waals surface area contributed by atoms with Crippen LogP contribution in [0.3, 0.4) is 0 Å². The van der Waals surface area contributed by atoms with E-state index in [2.05, 4.69) is 10.6 Å². The molecule has 2 amide bonds. The lowest BCUT2D eigenvalue weighted by Gasteiger charge is -2.26. The van der Waals surface area contributed by atoms with Crippen LogP contribution in [0.1, 0.15) is 47.0 Å². The Morgan fingerprint density at radius 3 is 2.71 bits per heavy atom. The zero-order valence-corrected chi connectivity index (χ0v) is 15.0. The van der Waals surface area contributed by atoms with Gasteiger partial charge < -0.3 is 25.2 Å². The fourth-order valence-corrected chi connectivity index (χ4v) is 2.26. The minimum atomic E-state index is -0.752. The van der Waals surface area contributed by atoms with Gasteiger partial charge in [-0.1, -0.05) is 19.1 Å². The molecule has 138 valence electrons. The molecule has 3 N–H and O–H groups in total. The van der Waals surface area contributed by atoms with Crippen molar-refractivity contribution in [2.45, 2.75) is 70.7 Å². The van der Waals surface area contributed by atoms with Crippen molar-refractivity contribution < 1.29 is 24.2 Å². The second kappa shape index (κ2) is 9.64. The van der Waals surface area contributed by atoms with Crippen molar-refractivity contribution in [1.29, 1.82) is 0 Å². The lowest BCUT2D eigenvalue weighted by Crippen LogP contribution is -2.48. The van der Waals surface area contributed by atoms with E-state index in [4.69, 9.17) is 9.47 Å². The molecule has 7 heteroatoms. The van der Waals surface area contributed by atoms with Gasteiger partial charge in [-0.2, -0.15) is 0 Å². The number of carbonyl (C=O) groups excluding carboxylic acids is 2. The van der Waals surface area contributed by atoms with Crippen LogP contribution in [0.2, 0.25) is 0 Å². The summed E-state index contributed by atoms with van der Waals surface area (Å²) in [5.74, 6) is -0.226. The fourth-order valence-electron chi connectivity index (χ4n) is 2.26. The molecule has 0 aliphatic carbocycles. The van der Waals surface area contributed by atoms with Crippen molar-refractivity contribution in [2.24, 2.45) is 0 Å². The van der Waals surface area contributed by atoms with Gasteiger partial charge in [0.25, 0.3) is 0 Å². The summed E-state index contributed by atoms with van der Waals surface area (Å²) in [6.45, 7) is 7.89. The molecular weight excluding hydrogens is 312 g/mol. The molecule has 0 fully saturated rings. The third kappa shape index (κ3) is 8.31. The van der Waals surface area contributed by atoms with E-state index in [1.165, 1.54) is 0 Å². The van der Waals surface area contributed by atoms with E-state index in [0.717, 1.165) is 0 Å². The highest BCUT2D eigenvalue weighted by atomic mass is 16.6. The first-order chi connectivity index (χ1) is 11.2. The Kier molecular flexibility index (Phi) is 8.21. The Labute approximate surface area is 143 Å². The zero-order chi connectivity index (χ0) is 18.2. The molecule has 1 aliphatic rings. The predicted molar refractivity (Wildman–Crippen MR) is 90.6 cm³/mol. The van der Waals surface area contributed by atoms with Crippen molar-refractivity contribution in [2.75, 3.05) is 13.2 Å². The number of alkyl carbamates (subject to hydrolysis) is 1. The van der Waals surface area contributed by atoms with Crippen LogP contribution in [0.15, 0.2) is 12.2 Å². The number of aliphatic hydroxyl groups excluding tert-OH is 1. The second-order valence-electron chi connectivity index (χ2n) is 6.94. The van der Waals surface area contributed by atoms with Gasteiger partial charge in [-0.25, -0.2) is 4.79 Å². The molecule has 3 atom stereocenters. The van der Waals surface area contributed by atoms with Gasteiger partial charge >= 0.3 is 6.09 Å². The van der Waals surface area contributed by atoms with Crippen LogP contribution in [-0.2, 0) is 14.3 Å². The summed E-state index contributed by atoms with van der Waals surface area (Å²) in [6, 6.07) is -0.717. The fraction of sp³-hybridized carbons (Fsp3) is 0.765. The molecule has 0 bridgehead atoms. The van der Waals surface area contributed by atoms with Gasteiger partial charge in [0, 0.05) is 12.5 Å². The monoisotopic (exact) mass is 342 g/mol.